The highest BCUT2D eigenvalue weighted by atomic mass is 32.2. The Morgan fingerprint density at radius 2 is 1.85 bits per heavy atom. The van der Waals surface area contributed by atoms with Crippen molar-refractivity contribution in [2.45, 2.75) is 32.7 Å². The summed E-state index contributed by atoms with van der Waals surface area (Å²) >= 11 is 0. The van der Waals surface area contributed by atoms with E-state index in [1.165, 1.54) is 17.1 Å². The molecule has 0 bridgehead atoms. The van der Waals surface area contributed by atoms with E-state index < -0.39 is 21.2 Å². The van der Waals surface area contributed by atoms with Gasteiger partial charge in [0.15, 0.2) is 0 Å². The average molecular weight is 485 g/mol. The number of pyridine rings is 1. The van der Waals surface area contributed by atoms with E-state index in [4.69, 9.17) is 11.1 Å². The van der Waals surface area contributed by atoms with Crippen LogP contribution in [0.4, 0.5) is 5.95 Å². The number of aromatic nitrogens is 5. The molecule has 34 heavy (non-hydrogen) atoms. The Bertz CT molecular complexity index is 1280. The molecule has 180 valence electrons. The maximum Gasteiger partial charge on any atom is 0.259 e. The molecule has 0 radical (unpaired) electrons. The van der Waals surface area contributed by atoms with E-state index in [9.17, 15) is 13.2 Å². The Morgan fingerprint density at radius 1 is 1.18 bits per heavy atom. The van der Waals surface area contributed by atoms with E-state index in [1.54, 1.807) is 18.6 Å². The van der Waals surface area contributed by atoms with Crippen molar-refractivity contribution in [1.29, 1.82) is 5.41 Å². The molecule has 0 spiro atoms. The normalized spacial score (nSPS) is 13.4. The number of carbonyl (C=O) groups excluding carboxylic acids is 1. The van der Waals surface area contributed by atoms with E-state index in [2.05, 4.69) is 25.4 Å². The Balaban J connectivity index is 1.77. The third-order valence-corrected chi connectivity index (χ3v) is 6.75. The van der Waals surface area contributed by atoms with Crippen LogP contribution in [0.15, 0.2) is 43.1 Å². The van der Waals surface area contributed by atoms with Crippen molar-refractivity contribution in [3.8, 4) is 11.3 Å². The second-order valence-corrected chi connectivity index (χ2v) is 10.8. The SMILES string of the molecule is CC(C)[C@@](C)(C(=N)NC(=O)c1cnn(CCS(C)(=O)=O)c1)c1ccc(-c2cnc(N)nc2)nc1. The number of rotatable bonds is 8. The van der Waals surface area contributed by atoms with Crippen molar-refractivity contribution in [2.24, 2.45) is 5.92 Å². The molecule has 0 unspecified atom stereocenters. The molecule has 0 aliphatic rings. The van der Waals surface area contributed by atoms with Gasteiger partial charge in [-0.1, -0.05) is 19.9 Å². The van der Waals surface area contributed by atoms with Crippen molar-refractivity contribution in [3.05, 3.63) is 54.2 Å². The molecule has 12 heteroatoms. The van der Waals surface area contributed by atoms with E-state index in [-0.39, 0.29) is 35.6 Å². The summed E-state index contributed by atoms with van der Waals surface area (Å²) in [4.78, 5) is 25.2. The molecule has 0 saturated carbocycles. The van der Waals surface area contributed by atoms with Crippen molar-refractivity contribution >= 4 is 27.5 Å². The number of amidine groups is 1. The van der Waals surface area contributed by atoms with E-state index >= 15 is 0 Å². The summed E-state index contributed by atoms with van der Waals surface area (Å²) in [6.07, 6.45) is 8.81. The number of carbonyl (C=O) groups is 1. The minimum Gasteiger partial charge on any atom is -0.368 e. The molecule has 3 rings (SSSR count). The number of sulfone groups is 1. The number of nitrogens with two attached hydrogens (primary N) is 1. The highest BCUT2D eigenvalue weighted by Gasteiger charge is 2.37. The lowest BCUT2D eigenvalue weighted by Gasteiger charge is -2.34. The highest BCUT2D eigenvalue weighted by molar-refractivity contribution is 7.90. The molecular weight excluding hydrogens is 456 g/mol. The standard InChI is InChI=1S/C22H28N8O3S/c1-14(2)22(3,17-5-6-18(25-12-17)15-9-26-21(24)27-10-15)20(23)29-19(31)16-11-28-30(13-16)7-8-34(4,32)33/h5-6,9-14H,7-8H2,1-4H3,(H2,23,29,31)(H2,24,26,27)/t22-/m1/s1. The fraction of sp³-hybridized carbons (Fsp3) is 0.364. The maximum atomic E-state index is 12.8. The van der Waals surface area contributed by atoms with Gasteiger partial charge in [0.2, 0.25) is 5.95 Å². The van der Waals surface area contributed by atoms with E-state index in [0.29, 0.717) is 11.3 Å². The van der Waals surface area contributed by atoms with Gasteiger partial charge < -0.3 is 11.1 Å². The molecule has 0 saturated heterocycles. The number of hydrogen-bond acceptors (Lipinski definition) is 9. The maximum absolute atomic E-state index is 12.8. The highest BCUT2D eigenvalue weighted by Crippen LogP contribution is 2.33. The summed E-state index contributed by atoms with van der Waals surface area (Å²) in [5.41, 5.74) is 7.08. The molecule has 0 aliphatic carbocycles. The Hall–Kier alpha value is -3.67. The zero-order valence-corrected chi connectivity index (χ0v) is 20.3. The van der Waals surface area contributed by atoms with Gasteiger partial charge in [0.05, 0.1) is 35.2 Å². The lowest BCUT2D eigenvalue weighted by atomic mass is 9.72. The second kappa shape index (κ2) is 9.67. The van der Waals surface area contributed by atoms with Crippen LogP contribution in [-0.4, -0.2) is 56.9 Å². The van der Waals surface area contributed by atoms with Crippen LogP contribution >= 0.6 is 0 Å². The number of nitrogens with zero attached hydrogens (tertiary/aromatic N) is 5. The van der Waals surface area contributed by atoms with Crippen LogP contribution in [0.25, 0.3) is 11.3 Å². The third kappa shape index (κ3) is 5.63. The topological polar surface area (TPSA) is 170 Å². The summed E-state index contributed by atoms with van der Waals surface area (Å²) in [6.45, 7) is 5.94. The van der Waals surface area contributed by atoms with Crippen molar-refractivity contribution in [1.82, 2.24) is 30.0 Å². The lowest BCUT2D eigenvalue weighted by molar-refractivity contribution is 0.0973. The first-order valence-corrected chi connectivity index (χ1v) is 12.6. The van der Waals surface area contributed by atoms with Gasteiger partial charge in [-0.25, -0.2) is 18.4 Å². The molecule has 3 heterocycles. The van der Waals surface area contributed by atoms with Gasteiger partial charge in [-0.15, -0.1) is 0 Å². The Morgan fingerprint density at radius 3 is 2.41 bits per heavy atom. The fourth-order valence-electron chi connectivity index (χ4n) is 3.29. The molecule has 3 aromatic heterocycles. The molecule has 4 N–H and O–H groups in total. The van der Waals surface area contributed by atoms with Gasteiger partial charge >= 0.3 is 0 Å². The minimum absolute atomic E-state index is 0.0155. The molecule has 1 amide bonds. The lowest BCUT2D eigenvalue weighted by Crippen LogP contribution is -2.47. The average Bonchev–Trinajstić information content (AvgIpc) is 3.26. The number of nitrogen functional groups attached to an aromatic ring is 1. The van der Waals surface area contributed by atoms with Gasteiger partial charge in [0, 0.05) is 36.6 Å². The smallest absolute Gasteiger partial charge is 0.259 e. The summed E-state index contributed by atoms with van der Waals surface area (Å²) in [5, 5.41) is 15.4. The van der Waals surface area contributed by atoms with Crippen LogP contribution in [0, 0.1) is 11.3 Å². The molecule has 0 aliphatic heterocycles. The van der Waals surface area contributed by atoms with Crippen molar-refractivity contribution in [2.75, 3.05) is 17.7 Å². The first kappa shape index (κ1) is 25.0. The number of hydrogen-bond donors (Lipinski definition) is 3. The van der Waals surface area contributed by atoms with Crippen LogP contribution in [0.2, 0.25) is 0 Å². The van der Waals surface area contributed by atoms with Gasteiger partial charge in [-0.05, 0) is 24.5 Å². The zero-order valence-electron chi connectivity index (χ0n) is 19.5. The monoisotopic (exact) mass is 484 g/mol. The second-order valence-electron chi connectivity index (χ2n) is 8.57. The van der Waals surface area contributed by atoms with E-state index in [0.717, 1.165) is 11.8 Å². The molecule has 1 atom stereocenters. The summed E-state index contributed by atoms with van der Waals surface area (Å²) in [6, 6.07) is 3.67. The predicted octanol–water partition coefficient (Wildman–Crippen LogP) is 1.68. The molecule has 0 fully saturated rings. The molecule has 0 aromatic carbocycles. The van der Waals surface area contributed by atoms with Crippen LogP contribution in [0.5, 0.6) is 0 Å². The van der Waals surface area contributed by atoms with Crippen molar-refractivity contribution in [3.63, 3.8) is 0 Å². The fourth-order valence-corrected chi connectivity index (χ4v) is 3.81. The minimum atomic E-state index is -3.15. The number of nitrogens with one attached hydrogen (secondary N) is 2. The zero-order chi connectivity index (χ0) is 25.1. The van der Waals surface area contributed by atoms with Crippen molar-refractivity contribution < 1.29 is 13.2 Å². The molecule has 11 nitrogen and oxygen atoms in total. The predicted molar refractivity (Wildman–Crippen MR) is 129 cm³/mol. The Kier molecular flexibility index (Phi) is 7.10. The third-order valence-electron chi connectivity index (χ3n) is 5.83. The van der Waals surface area contributed by atoms with Gasteiger partial charge in [0.1, 0.15) is 15.7 Å². The quantitative estimate of drug-likeness (QED) is 0.320. The van der Waals surface area contributed by atoms with Crippen LogP contribution < -0.4 is 11.1 Å². The first-order valence-electron chi connectivity index (χ1n) is 10.5. The van der Waals surface area contributed by atoms with Gasteiger partial charge in [0.25, 0.3) is 5.91 Å². The van der Waals surface area contributed by atoms with Gasteiger partial charge in [-0.3, -0.25) is 19.9 Å². The molecule has 3 aromatic rings. The summed E-state index contributed by atoms with van der Waals surface area (Å²) in [7, 11) is -3.15. The largest absolute Gasteiger partial charge is 0.368 e. The van der Waals surface area contributed by atoms with Gasteiger partial charge in [-0.2, -0.15) is 5.10 Å². The summed E-state index contributed by atoms with van der Waals surface area (Å²) in [5.74, 6) is -0.418. The summed E-state index contributed by atoms with van der Waals surface area (Å²) < 4.78 is 24.1. The Labute approximate surface area is 198 Å². The van der Waals surface area contributed by atoms with Crippen LogP contribution in [-0.2, 0) is 21.8 Å². The number of aryl methyl sites for hydroxylation is 1. The van der Waals surface area contributed by atoms with Crippen LogP contribution in [0.1, 0.15) is 36.7 Å². The van der Waals surface area contributed by atoms with E-state index in [1.807, 2.05) is 32.9 Å². The first-order chi connectivity index (χ1) is 15.9. The molecular formula is C22H28N8O3S. The number of amides is 1. The number of anilines is 1. The van der Waals surface area contributed by atoms with Crippen LogP contribution in [0.3, 0.4) is 0 Å².